The van der Waals surface area contributed by atoms with E-state index in [9.17, 15) is 4.79 Å². The van der Waals surface area contributed by atoms with Crippen LogP contribution in [0.3, 0.4) is 0 Å². The summed E-state index contributed by atoms with van der Waals surface area (Å²) in [5.41, 5.74) is 0.813. The van der Waals surface area contributed by atoms with E-state index in [1.54, 1.807) is 0 Å². The van der Waals surface area contributed by atoms with Gasteiger partial charge in [0.2, 0.25) is 0 Å². The molecule has 0 aromatic heterocycles. The van der Waals surface area contributed by atoms with E-state index in [4.69, 9.17) is 4.74 Å². The van der Waals surface area contributed by atoms with Gasteiger partial charge in [-0.2, -0.15) is 0 Å². The Labute approximate surface area is 128 Å². The summed E-state index contributed by atoms with van der Waals surface area (Å²) in [6, 6.07) is 10.4. The molecule has 1 unspecified atom stereocenters. The molecule has 0 N–H and O–H groups in total. The molecular weight excluding hydrogens is 262 g/mol. The van der Waals surface area contributed by atoms with Gasteiger partial charge in [0, 0.05) is 6.54 Å². The Morgan fingerprint density at radius 2 is 2.00 bits per heavy atom. The fourth-order valence-electron chi connectivity index (χ4n) is 3.23. The molecule has 3 heteroatoms. The number of rotatable bonds is 5. The largest absolute Gasteiger partial charge is 0.462 e. The Morgan fingerprint density at radius 3 is 2.62 bits per heavy atom. The highest BCUT2D eigenvalue weighted by molar-refractivity contribution is 5.81. The van der Waals surface area contributed by atoms with Gasteiger partial charge in [0.15, 0.2) is 0 Å². The lowest BCUT2D eigenvalue weighted by Crippen LogP contribution is -2.57. The molecule has 116 valence electrons. The number of carbonyl (C=O) groups is 1. The molecule has 0 radical (unpaired) electrons. The van der Waals surface area contributed by atoms with Gasteiger partial charge in [0.25, 0.3) is 0 Å². The highest BCUT2D eigenvalue weighted by Crippen LogP contribution is 2.34. The second-order valence-electron chi connectivity index (χ2n) is 6.20. The second kappa shape index (κ2) is 7.08. The molecule has 21 heavy (non-hydrogen) atoms. The van der Waals surface area contributed by atoms with E-state index in [1.165, 1.54) is 5.56 Å². The van der Waals surface area contributed by atoms with Gasteiger partial charge in [-0.1, -0.05) is 37.3 Å². The Kier molecular flexibility index (Phi) is 5.40. The van der Waals surface area contributed by atoms with Crippen molar-refractivity contribution in [3.05, 3.63) is 35.9 Å². The van der Waals surface area contributed by atoms with Crippen LogP contribution in [0.2, 0.25) is 0 Å². The molecule has 0 aliphatic carbocycles. The molecule has 1 atom stereocenters. The van der Waals surface area contributed by atoms with Crippen molar-refractivity contribution in [3.63, 3.8) is 0 Å². The van der Waals surface area contributed by atoms with Crippen LogP contribution in [0.15, 0.2) is 30.3 Å². The molecule has 0 bridgehead atoms. The van der Waals surface area contributed by atoms with Crippen molar-refractivity contribution < 1.29 is 9.53 Å². The summed E-state index contributed by atoms with van der Waals surface area (Å²) >= 11 is 0. The topological polar surface area (TPSA) is 29.5 Å². The van der Waals surface area contributed by atoms with E-state index in [1.807, 2.05) is 19.9 Å². The first-order chi connectivity index (χ1) is 10.1. The van der Waals surface area contributed by atoms with E-state index in [0.29, 0.717) is 0 Å². The van der Waals surface area contributed by atoms with Crippen molar-refractivity contribution in [3.8, 4) is 0 Å². The molecule has 1 saturated heterocycles. The first kappa shape index (κ1) is 16.0. The number of nitrogens with zero attached hydrogens (tertiary/aromatic N) is 1. The van der Waals surface area contributed by atoms with Gasteiger partial charge >= 0.3 is 5.97 Å². The quantitative estimate of drug-likeness (QED) is 0.773. The van der Waals surface area contributed by atoms with E-state index < -0.39 is 5.54 Å². The van der Waals surface area contributed by atoms with Crippen LogP contribution in [0.5, 0.6) is 0 Å². The summed E-state index contributed by atoms with van der Waals surface area (Å²) in [5, 5.41) is 0. The third-order valence-corrected chi connectivity index (χ3v) is 4.40. The maximum atomic E-state index is 12.7. The Morgan fingerprint density at radius 1 is 1.29 bits per heavy atom. The molecule has 0 amide bonds. The maximum Gasteiger partial charge on any atom is 0.326 e. The number of ether oxygens (including phenoxy) is 1. The molecule has 1 aliphatic heterocycles. The van der Waals surface area contributed by atoms with Crippen molar-refractivity contribution >= 4 is 5.97 Å². The van der Waals surface area contributed by atoms with Crippen LogP contribution >= 0.6 is 0 Å². The normalized spacial score (nSPS) is 23.2. The van der Waals surface area contributed by atoms with Gasteiger partial charge < -0.3 is 4.74 Å². The molecule has 3 nitrogen and oxygen atoms in total. The Bertz CT molecular complexity index is 458. The monoisotopic (exact) mass is 289 g/mol. The zero-order valence-corrected chi connectivity index (χ0v) is 13.5. The third-order valence-electron chi connectivity index (χ3n) is 4.40. The van der Waals surface area contributed by atoms with Crippen LogP contribution in [0, 0.1) is 0 Å². The van der Waals surface area contributed by atoms with Gasteiger partial charge in [-0.3, -0.25) is 9.69 Å². The lowest BCUT2D eigenvalue weighted by atomic mass is 9.83. The number of piperidine rings is 1. The first-order valence-corrected chi connectivity index (χ1v) is 8.08. The minimum absolute atomic E-state index is 0.0457. The van der Waals surface area contributed by atoms with Gasteiger partial charge in [0.1, 0.15) is 5.54 Å². The Hall–Kier alpha value is -1.35. The van der Waals surface area contributed by atoms with E-state index in [2.05, 4.69) is 36.1 Å². The average molecular weight is 289 g/mol. The van der Waals surface area contributed by atoms with Crippen LogP contribution < -0.4 is 0 Å². The number of carbonyl (C=O) groups excluding carboxylic acids is 1. The van der Waals surface area contributed by atoms with Crippen molar-refractivity contribution in [2.75, 3.05) is 6.54 Å². The molecule has 1 aromatic rings. The zero-order chi connectivity index (χ0) is 15.3. The van der Waals surface area contributed by atoms with Crippen LogP contribution in [-0.2, 0) is 16.1 Å². The zero-order valence-electron chi connectivity index (χ0n) is 13.5. The SMILES string of the molecule is CCC1(C(=O)OC(C)C)CCCCN1Cc1ccccc1. The predicted octanol–water partition coefficient (Wildman–Crippen LogP) is 3.77. The summed E-state index contributed by atoms with van der Waals surface area (Å²) in [6.07, 6.45) is 3.92. The van der Waals surface area contributed by atoms with Crippen molar-refractivity contribution in [2.45, 2.75) is 64.6 Å². The number of hydrogen-bond acceptors (Lipinski definition) is 3. The standard InChI is InChI=1S/C18H27NO2/c1-4-18(17(20)21-15(2)3)12-8-9-13-19(18)14-16-10-6-5-7-11-16/h5-7,10-11,15H,4,8-9,12-14H2,1-3H3. The van der Waals surface area contributed by atoms with Gasteiger partial charge in [-0.05, 0) is 51.6 Å². The molecule has 1 aromatic carbocycles. The van der Waals surface area contributed by atoms with E-state index in [-0.39, 0.29) is 12.1 Å². The van der Waals surface area contributed by atoms with Crippen LogP contribution in [-0.4, -0.2) is 29.1 Å². The van der Waals surface area contributed by atoms with E-state index in [0.717, 1.165) is 38.8 Å². The number of hydrogen-bond donors (Lipinski definition) is 0. The third kappa shape index (κ3) is 3.65. The number of esters is 1. The highest BCUT2D eigenvalue weighted by atomic mass is 16.5. The smallest absolute Gasteiger partial charge is 0.326 e. The molecular formula is C18H27NO2. The average Bonchev–Trinajstić information content (AvgIpc) is 2.48. The summed E-state index contributed by atoms with van der Waals surface area (Å²) in [7, 11) is 0. The maximum absolute atomic E-state index is 12.7. The number of benzene rings is 1. The molecule has 0 spiro atoms. The summed E-state index contributed by atoms with van der Waals surface area (Å²) in [6.45, 7) is 7.74. The second-order valence-corrected chi connectivity index (χ2v) is 6.20. The summed E-state index contributed by atoms with van der Waals surface area (Å²) in [4.78, 5) is 15.0. The van der Waals surface area contributed by atoms with Gasteiger partial charge in [-0.15, -0.1) is 0 Å². The highest BCUT2D eigenvalue weighted by Gasteiger charge is 2.45. The minimum atomic E-state index is -0.446. The summed E-state index contributed by atoms with van der Waals surface area (Å²) < 4.78 is 5.57. The number of likely N-dealkylation sites (tertiary alicyclic amines) is 1. The van der Waals surface area contributed by atoms with Crippen molar-refractivity contribution in [2.24, 2.45) is 0 Å². The molecule has 0 saturated carbocycles. The van der Waals surface area contributed by atoms with Crippen LogP contribution in [0.25, 0.3) is 0 Å². The molecule has 2 rings (SSSR count). The van der Waals surface area contributed by atoms with Gasteiger partial charge in [-0.25, -0.2) is 0 Å². The molecule has 1 heterocycles. The fraction of sp³-hybridized carbons (Fsp3) is 0.611. The van der Waals surface area contributed by atoms with Crippen molar-refractivity contribution in [1.82, 2.24) is 4.90 Å². The minimum Gasteiger partial charge on any atom is -0.462 e. The summed E-state index contributed by atoms with van der Waals surface area (Å²) in [5.74, 6) is -0.0457. The van der Waals surface area contributed by atoms with E-state index >= 15 is 0 Å². The first-order valence-electron chi connectivity index (χ1n) is 8.08. The lowest BCUT2D eigenvalue weighted by molar-refractivity contribution is -0.166. The molecule has 1 aliphatic rings. The van der Waals surface area contributed by atoms with Crippen LogP contribution in [0.4, 0.5) is 0 Å². The van der Waals surface area contributed by atoms with Crippen LogP contribution in [0.1, 0.15) is 52.0 Å². The molecule has 1 fully saturated rings. The fourth-order valence-corrected chi connectivity index (χ4v) is 3.23. The van der Waals surface area contributed by atoms with Crippen molar-refractivity contribution in [1.29, 1.82) is 0 Å². The predicted molar refractivity (Wildman–Crippen MR) is 85.0 cm³/mol. The van der Waals surface area contributed by atoms with Gasteiger partial charge in [0.05, 0.1) is 6.10 Å². The lowest BCUT2D eigenvalue weighted by Gasteiger charge is -2.45. The Balaban J connectivity index is 2.21.